The normalized spacial score (nSPS) is 15.1. The second-order valence-electron chi connectivity index (χ2n) is 4.27. The first kappa shape index (κ1) is 10.0. The van der Waals surface area contributed by atoms with Gasteiger partial charge in [-0.25, -0.2) is 0 Å². The number of benzene rings is 1. The summed E-state index contributed by atoms with van der Waals surface area (Å²) in [5.41, 5.74) is 1.38. The molecular weight excluding hydrogens is 206 g/mol. The molecule has 1 aromatic heterocycles. The number of hydrogen-bond acceptors (Lipinski definition) is 0. The zero-order chi connectivity index (χ0) is 11.7. The Balaban J connectivity index is 2.43. The number of pyridine rings is 1. The minimum Gasteiger partial charge on any atom is -0.174 e. The van der Waals surface area contributed by atoms with Crippen molar-refractivity contribution in [3.63, 3.8) is 0 Å². The van der Waals surface area contributed by atoms with Crippen LogP contribution in [0.3, 0.4) is 0 Å². The number of fused-ring (bicyclic) bond motifs is 1. The summed E-state index contributed by atoms with van der Waals surface area (Å²) in [5.74, 6) is 0. The molecule has 1 nitrogen and oxygen atoms in total. The average Bonchev–Trinajstić information content (AvgIpc) is 2.39. The van der Waals surface area contributed by atoms with Gasteiger partial charge in [0.2, 0.25) is 5.35 Å². The third kappa shape index (κ3) is 1.80. The Kier molecular flexibility index (Phi) is 2.37. The predicted molar refractivity (Wildman–Crippen MR) is 68.4 cm³/mol. The highest BCUT2D eigenvalue weighted by atomic mass is 14.8. The topological polar surface area (TPSA) is 5.90 Å². The summed E-state index contributed by atoms with van der Waals surface area (Å²) in [4.78, 5) is 0. The van der Waals surface area contributed by atoms with E-state index in [1.54, 1.807) is 0 Å². The van der Waals surface area contributed by atoms with Gasteiger partial charge >= 0.3 is 0 Å². The van der Waals surface area contributed by atoms with Crippen molar-refractivity contribution >= 4 is 6.08 Å². The highest BCUT2D eigenvalue weighted by Crippen LogP contribution is 2.01. The van der Waals surface area contributed by atoms with Crippen LogP contribution in [0.15, 0.2) is 54.7 Å². The molecule has 0 radical (unpaired) electrons. The lowest BCUT2D eigenvalue weighted by Crippen LogP contribution is -2.15. The lowest BCUT2D eigenvalue weighted by molar-refractivity contribution is -0.510. The van der Waals surface area contributed by atoms with Crippen LogP contribution in [0.1, 0.15) is 5.56 Å². The molecule has 0 spiro atoms. The maximum absolute atomic E-state index is 4.00. The summed E-state index contributed by atoms with van der Waals surface area (Å²) < 4.78 is 1.91. The van der Waals surface area contributed by atoms with Crippen molar-refractivity contribution in [2.45, 2.75) is 6.42 Å². The first-order valence-electron chi connectivity index (χ1n) is 5.79. The van der Waals surface area contributed by atoms with Crippen LogP contribution in [0.5, 0.6) is 0 Å². The summed E-state index contributed by atoms with van der Waals surface area (Å²) in [6.07, 6.45) is 9.46. The van der Waals surface area contributed by atoms with Crippen LogP contribution in [0, 0.1) is 17.3 Å². The number of hydrogen-bond donors (Lipinski definition) is 0. The minimum atomic E-state index is 1.02. The fourth-order valence-electron chi connectivity index (χ4n) is 2.21. The molecule has 0 bridgehead atoms. The largest absolute Gasteiger partial charge is 0.217 e. The van der Waals surface area contributed by atoms with E-state index in [9.17, 15) is 0 Å². The fraction of sp³-hybridized carbons (Fsp3) is 0.0625. The molecule has 0 saturated carbocycles. The van der Waals surface area contributed by atoms with Crippen molar-refractivity contribution in [3.05, 3.63) is 82.8 Å². The zero-order valence-corrected chi connectivity index (χ0v) is 9.63. The van der Waals surface area contributed by atoms with Crippen LogP contribution in [-0.2, 0) is 6.42 Å². The summed E-state index contributed by atoms with van der Waals surface area (Å²) in [7, 11) is 0. The van der Waals surface area contributed by atoms with Crippen molar-refractivity contribution in [1.29, 1.82) is 0 Å². The van der Waals surface area contributed by atoms with Gasteiger partial charge < -0.3 is 0 Å². The van der Waals surface area contributed by atoms with Crippen molar-refractivity contribution < 1.29 is 4.24 Å². The Hall–Kier alpha value is -2.15. The summed E-state index contributed by atoms with van der Waals surface area (Å²) in [6, 6.07) is 12.7. The third-order valence-corrected chi connectivity index (χ3v) is 3.13. The molecule has 1 heteroatoms. The summed E-state index contributed by atoms with van der Waals surface area (Å²) in [6.45, 7) is 4.00. The number of rotatable bonds is 0. The molecule has 0 aliphatic heterocycles. The molecule has 1 aliphatic rings. The van der Waals surface area contributed by atoms with Gasteiger partial charge in [-0.05, 0) is 35.4 Å². The molecule has 0 amide bonds. The first-order valence-corrected chi connectivity index (χ1v) is 5.79. The third-order valence-electron chi connectivity index (χ3n) is 3.13. The molecule has 0 N–H and O–H groups in total. The van der Waals surface area contributed by atoms with E-state index in [1.165, 1.54) is 16.0 Å². The molecular formula is C16H14N+. The smallest absolute Gasteiger partial charge is 0.174 e. The van der Waals surface area contributed by atoms with Gasteiger partial charge in [0.05, 0.1) is 0 Å². The maximum Gasteiger partial charge on any atom is 0.217 e. The van der Waals surface area contributed by atoms with Gasteiger partial charge in [0.15, 0.2) is 6.20 Å². The van der Waals surface area contributed by atoms with Crippen LogP contribution < -0.4 is 9.46 Å². The van der Waals surface area contributed by atoms with Crippen LogP contribution in [-0.4, -0.2) is 0 Å². The van der Waals surface area contributed by atoms with E-state index in [2.05, 4.69) is 49.2 Å². The molecule has 1 aliphatic carbocycles. The van der Waals surface area contributed by atoms with E-state index in [-0.39, 0.29) is 0 Å². The number of allylic oxidation sites excluding steroid dienone is 2. The standard InChI is InChI=1S/C16H14N/c1-17-11-5-4-8-16(17)15-10-9-13-6-2-3-7-14(13)12-15/h2-6,8-12H,1,7H2/q+1. The van der Waals surface area contributed by atoms with E-state index in [1.807, 2.05) is 22.6 Å². The Morgan fingerprint density at radius 1 is 1.12 bits per heavy atom. The Morgan fingerprint density at radius 3 is 2.94 bits per heavy atom. The molecule has 82 valence electrons. The second-order valence-corrected chi connectivity index (χ2v) is 4.27. The number of aromatic nitrogens is 1. The SMILES string of the molecule is C=[n+]1ccccc1=c1ccc2c(c1)CC=CC=2. The quantitative estimate of drug-likeness (QED) is 0.597. The zero-order valence-electron chi connectivity index (χ0n) is 9.63. The van der Waals surface area contributed by atoms with Crippen LogP contribution >= 0.6 is 0 Å². The van der Waals surface area contributed by atoms with Crippen molar-refractivity contribution in [3.8, 4) is 0 Å². The summed E-state index contributed by atoms with van der Waals surface area (Å²) >= 11 is 0. The Labute approximate surface area is 100 Å². The van der Waals surface area contributed by atoms with E-state index < -0.39 is 0 Å². The maximum atomic E-state index is 4.00. The predicted octanol–water partition coefficient (Wildman–Crippen LogP) is 1.79. The molecule has 3 rings (SSSR count). The fourth-order valence-corrected chi connectivity index (χ4v) is 2.21. The minimum absolute atomic E-state index is 1.02. The average molecular weight is 220 g/mol. The first-order chi connectivity index (χ1) is 8.34. The molecule has 1 aromatic carbocycles. The van der Waals surface area contributed by atoms with Crippen molar-refractivity contribution in [2.75, 3.05) is 0 Å². The van der Waals surface area contributed by atoms with Gasteiger partial charge in [0.25, 0.3) is 0 Å². The molecule has 0 saturated heterocycles. The van der Waals surface area contributed by atoms with Gasteiger partial charge in [0.1, 0.15) is 6.72 Å². The molecule has 17 heavy (non-hydrogen) atoms. The van der Waals surface area contributed by atoms with Gasteiger partial charge in [-0.2, -0.15) is 4.24 Å². The highest BCUT2D eigenvalue weighted by Gasteiger charge is 1.99. The van der Waals surface area contributed by atoms with E-state index in [4.69, 9.17) is 0 Å². The molecule has 0 unspecified atom stereocenters. The highest BCUT2D eigenvalue weighted by molar-refractivity contribution is 5.44. The van der Waals surface area contributed by atoms with Gasteiger partial charge in [0, 0.05) is 17.4 Å². The van der Waals surface area contributed by atoms with E-state index >= 15 is 0 Å². The molecule has 2 aromatic rings. The van der Waals surface area contributed by atoms with Gasteiger partial charge in [-0.15, -0.1) is 0 Å². The lowest BCUT2D eigenvalue weighted by Gasteiger charge is -2.01. The Morgan fingerprint density at radius 2 is 2.06 bits per heavy atom. The lowest BCUT2D eigenvalue weighted by atomic mass is 10.0. The molecule has 0 atom stereocenters. The van der Waals surface area contributed by atoms with E-state index in [0.717, 1.165) is 11.8 Å². The van der Waals surface area contributed by atoms with Crippen molar-refractivity contribution in [1.82, 2.24) is 0 Å². The number of nitrogens with zero attached hydrogens (tertiary/aromatic N) is 1. The summed E-state index contributed by atoms with van der Waals surface area (Å²) in [5, 5.41) is 3.69. The Bertz CT molecular complexity index is 785. The monoisotopic (exact) mass is 220 g/mol. The van der Waals surface area contributed by atoms with Gasteiger partial charge in [-0.1, -0.05) is 24.3 Å². The van der Waals surface area contributed by atoms with Crippen molar-refractivity contribution in [2.24, 2.45) is 0 Å². The van der Waals surface area contributed by atoms with E-state index in [0.29, 0.717) is 0 Å². The molecule has 0 fully saturated rings. The second kappa shape index (κ2) is 4.02. The molecule has 1 heterocycles. The van der Waals surface area contributed by atoms with Crippen LogP contribution in [0.25, 0.3) is 6.08 Å². The van der Waals surface area contributed by atoms with Crippen LogP contribution in [0.4, 0.5) is 0 Å². The van der Waals surface area contributed by atoms with Crippen LogP contribution in [0.2, 0.25) is 0 Å². The van der Waals surface area contributed by atoms with Gasteiger partial charge in [-0.3, -0.25) is 0 Å².